The molecule has 0 spiro atoms. The first kappa shape index (κ1) is 13.9. The summed E-state index contributed by atoms with van der Waals surface area (Å²) in [5.41, 5.74) is 2.26. The molecule has 1 aromatic rings. The zero-order valence-corrected chi connectivity index (χ0v) is 12.2. The van der Waals surface area contributed by atoms with Crippen molar-refractivity contribution in [3.63, 3.8) is 0 Å². The largest absolute Gasteiger partial charge is 0.497 e. The maximum Gasteiger partial charge on any atom is 0.119 e. The Morgan fingerprint density at radius 2 is 2.25 bits per heavy atom. The molecule has 0 bridgehead atoms. The predicted octanol–water partition coefficient (Wildman–Crippen LogP) is 1.76. The lowest BCUT2D eigenvalue weighted by atomic mass is 10.1. The Morgan fingerprint density at radius 3 is 3.05 bits per heavy atom. The van der Waals surface area contributed by atoms with Gasteiger partial charge in [-0.15, -0.1) is 0 Å². The van der Waals surface area contributed by atoms with Crippen LogP contribution in [0, 0.1) is 0 Å². The SMILES string of the molecule is COc1ccc2c(c1)C(O)C(N1CCCOC(C)C1)C2. The van der Waals surface area contributed by atoms with Gasteiger partial charge in [0.15, 0.2) is 0 Å². The average Bonchev–Trinajstić information content (AvgIpc) is 2.63. The van der Waals surface area contributed by atoms with E-state index in [1.54, 1.807) is 7.11 Å². The lowest BCUT2D eigenvalue weighted by Crippen LogP contribution is -2.41. The normalized spacial score (nSPS) is 30.9. The van der Waals surface area contributed by atoms with E-state index in [4.69, 9.17) is 9.47 Å². The minimum Gasteiger partial charge on any atom is -0.497 e. The molecule has 0 aromatic heterocycles. The molecule has 3 atom stereocenters. The van der Waals surface area contributed by atoms with Crippen molar-refractivity contribution in [1.29, 1.82) is 0 Å². The standard InChI is InChI=1S/C16H23NO3/c1-11-10-17(6-3-7-20-11)15-8-12-4-5-13(19-2)9-14(12)16(15)18/h4-5,9,11,15-16,18H,3,6-8,10H2,1-2H3. The number of nitrogens with zero attached hydrogens (tertiary/aromatic N) is 1. The fourth-order valence-corrected chi connectivity index (χ4v) is 3.36. The van der Waals surface area contributed by atoms with Crippen molar-refractivity contribution in [1.82, 2.24) is 4.90 Å². The monoisotopic (exact) mass is 277 g/mol. The molecule has 20 heavy (non-hydrogen) atoms. The van der Waals surface area contributed by atoms with Gasteiger partial charge >= 0.3 is 0 Å². The molecule has 2 aliphatic rings. The van der Waals surface area contributed by atoms with Crippen LogP contribution in [0.15, 0.2) is 18.2 Å². The van der Waals surface area contributed by atoms with Gasteiger partial charge in [0.25, 0.3) is 0 Å². The van der Waals surface area contributed by atoms with Gasteiger partial charge in [-0.25, -0.2) is 0 Å². The van der Waals surface area contributed by atoms with Crippen LogP contribution in [0.2, 0.25) is 0 Å². The van der Waals surface area contributed by atoms with E-state index in [1.165, 1.54) is 5.56 Å². The fourth-order valence-electron chi connectivity index (χ4n) is 3.36. The number of hydrogen-bond acceptors (Lipinski definition) is 4. The van der Waals surface area contributed by atoms with Gasteiger partial charge in [-0.1, -0.05) is 6.07 Å². The number of fused-ring (bicyclic) bond motifs is 1. The van der Waals surface area contributed by atoms with Crippen molar-refractivity contribution in [2.45, 2.75) is 38.0 Å². The van der Waals surface area contributed by atoms with Crippen LogP contribution in [-0.2, 0) is 11.2 Å². The van der Waals surface area contributed by atoms with Crippen LogP contribution in [0.25, 0.3) is 0 Å². The molecule has 1 aliphatic carbocycles. The highest BCUT2D eigenvalue weighted by Crippen LogP contribution is 2.37. The lowest BCUT2D eigenvalue weighted by molar-refractivity contribution is 0.0313. The Hall–Kier alpha value is -1.10. The molecule has 0 amide bonds. The molecule has 0 saturated carbocycles. The zero-order valence-electron chi connectivity index (χ0n) is 12.2. The summed E-state index contributed by atoms with van der Waals surface area (Å²) in [6, 6.07) is 6.19. The van der Waals surface area contributed by atoms with E-state index < -0.39 is 6.10 Å². The van der Waals surface area contributed by atoms with Crippen LogP contribution in [-0.4, -0.2) is 49.0 Å². The number of methoxy groups -OCH3 is 1. The van der Waals surface area contributed by atoms with Crippen LogP contribution in [0.4, 0.5) is 0 Å². The Balaban J connectivity index is 1.80. The van der Waals surface area contributed by atoms with Gasteiger partial charge in [0.2, 0.25) is 0 Å². The van der Waals surface area contributed by atoms with E-state index >= 15 is 0 Å². The topological polar surface area (TPSA) is 41.9 Å². The van der Waals surface area contributed by atoms with Crippen molar-refractivity contribution in [3.05, 3.63) is 29.3 Å². The fraction of sp³-hybridized carbons (Fsp3) is 0.625. The quantitative estimate of drug-likeness (QED) is 0.894. The first-order chi connectivity index (χ1) is 9.69. The van der Waals surface area contributed by atoms with Crippen molar-refractivity contribution < 1.29 is 14.6 Å². The smallest absolute Gasteiger partial charge is 0.119 e. The third kappa shape index (κ3) is 2.55. The second-order valence-corrected chi connectivity index (χ2v) is 5.81. The van der Waals surface area contributed by atoms with Crippen LogP contribution in [0.5, 0.6) is 5.75 Å². The summed E-state index contributed by atoms with van der Waals surface area (Å²) in [7, 11) is 1.66. The van der Waals surface area contributed by atoms with E-state index in [-0.39, 0.29) is 12.1 Å². The number of ether oxygens (including phenoxy) is 2. The molecule has 0 radical (unpaired) electrons. The second kappa shape index (κ2) is 5.72. The number of rotatable bonds is 2. The molecule has 4 heteroatoms. The van der Waals surface area contributed by atoms with Gasteiger partial charge in [-0.2, -0.15) is 0 Å². The molecule has 4 nitrogen and oxygen atoms in total. The maximum atomic E-state index is 10.7. The van der Waals surface area contributed by atoms with Crippen molar-refractivity contribution >= 4 is 0 Å². The summed E-state index contributed by atoms with van der Waals surface area (Å²) in [5, 5.41) is 10.7. The van der Waals surface area contributed by atoms with E-state index in [0.717, 1.165) is 43.9 Å². The summed E-state index contributed by atoms with van der Waals surface area (Å²) in [4.78, 5) is 2.38. The van der Waals surface area contributed by atoms with Gasteiger partial charge in [0.1, 0.15) is 5.75 Å². The van der Waals surface area contributed by atoms with E-state index in [1.807, 2.05) is 12.1 Å². The molecule has 1 heterocycles. The molecule has 1 saturated heterocycles. The maximum absolute atomic E-state index is 10.7. The highest BCUT2D eigenvalue weighted by molar-refractivity contribution is 5.41. The minimum absolute atomic E-state index is 0.168. The first-order valence-electron chi connectivity index (χ1n) is 7.39. The van der Waals surface area contributed by atoms with Gasteiger partial charge in [-0.3, -0.25) is 4.90 Å². The molecule has 1 aromatic carbocycles. The number of hydrogen-bond donors (Lipinski definition) is 1. The van der Waals surface area contributed by atoms with Crippen LogP contribution < -0.4 is 4.74 Å². The molecule has 110 valence electrons. The van der Waals surface area contributed by atoms with Crippen LogP contribution >= 0.6 is 0 Å². The summed E-state index contributed by atoms with van der Waals surface area (Å²) in [6.45, 7) is 4.82. The summed E-state index contributed by atoms with van der Waals surface area (Å²) in [5.74, 6) is 0.816. The molecule has 3 unspecified atom stereocenters. The number of aliphatic hydroxyl groups is 1. The van der Waals surface area contributed by atoms with E-state index in [2.05, 4.69) is 17.9 Å². The second-order valence-electron chi connectivity index (χ2n) is 5.81. The number of benzene rings is 1. The van der Waals surface area contributed by atoms with Gasteiger partial charge in [-0.05, 0) is 43.0 Å². The summed E-state index contributed by atoms with van der Waals surface area (Å²) < 4.78 is 11.0. The van der Waals surface area contributed by atoms with Crippen molar-refractivity contribution in [2.24, 2.45) is 0 Å². The average molecular weight is 277 g/mol. The summed E-state index contributed by atoms with van der Waals surface area (Å²) >= 11 is 0. The van der Waals surface area contributed by atoms with Crippen LogP contribution in [0.1, 0.15) is 30.6 Å². The Morgan fingerprint density at radius 1 is 1.40 bits per heavy atom. The summed E-state index contributed by atoms with van der Waals surface area (Å²) in [6.07, 6.45) is 1.76. The van der Waals surface area contributed by atoms with E-state index in [0.29, 0.717) is 0 Å². The first-order valence-corrected chi connectivity index (χ1v) is 7.39. The molecule has 1 fully saturated rings. The molecular weight excluding hydrogens is 254 g/mol. The zero-order chi connectivity index (χ0) is 14.1. The highest BCUT2D eigenvalue weighted by Gasteiger charge is 2.36. The van der Waals surface area contributed by atoms with E-state index in [9.17, 15) is 5.11 Å². The molecule has 1 N–H and O–H groups in total. The Bertz CT molecular complexity index is 477. The number of aliphatic hydroxyl groups excluding tert-OH is 1. The van der Waals surface area contributed by atoms with Gasteiger partial charge < -0.3 is 14.6 Å². The Labute approximate surface area is 120 Å². The minimum atomic E-state index is -0.426. The third-order valence-corrected chi connectivity index (χ3v) is 4.42. The predicted molar refractivity (Wildman–Crippen MR) is 77.0 cm³/mol. The van der Waals surface area contributed by atoms with Crippen molar-refractivity contribution in [3.8, 4) is 5.75 Å². The molecular formula is C16H23NO3. The lowest BCUT2D eigenvalue weighted by Gasteiger charge is -2.30. The Kier molecular flexibility index (Phi) is 3.96. The van der Waals surface area contributed by atoms with Gasteiger partial charge in [0, 0.05) is 25.7 Å². The van der Waals surface area contributed by atoms with Crippen LogP contribution in [0.3, 0.4) is 0 Å². The highest BCUT2D eigenvalue weighted by atomic mass is 16.5. The molecule has 1 aliphatic heterocycles. The molecule has 3 rings (SSSR count). The third-order valence-electron chi connectivity index (χ3n) is 4.42. The van der Waals surface area contributed by atoms with Crippen molar-refractivity contribution in [2.75, 3.05) is 26.8 Å². The van der Waals surface area contributed by atoms with Gasteiger partial charge in [0.05, 0.1) is 19.3 Å².